The fourth-order valence-corrected chi connectivity index (χ4v) is 3.00. The summed E-state index contributed by atoms with van der Waals surface area (Å²) in [6.45, 7) is 2.03. The highest BCUT2D eigenvalue weighted by Crippen LogP contribution is 2.30. The maximum absolute atomic E-state index is 12.0. The van der Waals surface area contributed by atoms with E-state index in [1.165, 1.54) is 24.0 Å². The van der Waals surface area contributed by atoms with Crippen LogP contribution in [0.1, 0.15) is 20.9 Å². The molecule has 0 N–H and O–H groups in total. The van der Waals surface area contributed by atoms with Crippen LogP contribution < -0.4 is 0 Å². The first kappa shape index (κ1) is 16.6. The second-order valence-electron chi connectivity index (χ2n) is 4.76. The third-order valence-electron chi connectivity index (χ3n) is 3.25. The Morgan fingerprint density at radius 3 is 2.36 bits per heavy atom. The molecule has 2 rings (SSSR count). The van der Waals surface area contributed by atoms with E-state index in [1.54, 1.807) is 14.2 Å². The van der Waals surface area contributed by atoms with Crippen LogP contribution in [-0.2, 0) is 20.6 Å². The average molecular weight is 321 g/mol. The number of rotatable bonds is 6. The van der Waals surface area contributed by atoms with Gasteiger partial charge in [0.1, 0.15) is 9.88 Å². The predicted molar refractivity (Wildman–Crippen MR) is 85.1 cm³/mol. The normalized spacial score (nSPS) is 11.0. The summed E-state index contributed by atoms with van der Waals surface area (Å²) < 4.78 is 15.2. The van der Waals surface area contributed by atoms with Crippen molar-refractivity contribution in [1.29, 1.82) is 0 Å². The van der Waals surface area contributed by atoms with Gasteiger partial charge >= 0.3 is 5.97 Å². The van der Waals surface area contributed by atoms with Gasteiger partial charge in [-0.05, 0) is 6.92 Å². The summed E-state index contributed by atoms with van der Waals surface area (Å²) in [5.41, 5.74) is 2.77. The summed E-state index contributed by atoms with van der Waals surface area (Å²) in [5.74, 6) is -0.392. The Morgan fingerprint density at radius 1 is 1.18 bits per heavy atom. The number of carbonyl (C=O) groups is 1. The first-order valence-corrected chi connectivity index (χ1v) is 7.61. The lowest BCUT2D eigenvalue weighted by molar-refractivity contribution is -0.101. The zero-order valence-electron chi connectivity index (χ0n) is 13.1. The van der Waals surface area contributed by atoms with Crippen LogP contribution in [0.25, 0.3) is 10.6 Å². The number of methoxy groups -OCH3 is 3. The molecule has 0 amide bonds. The standard InChI is InChI=1S/C16H19NO4S/c1-10-5-7-11(8-6-10)15-17-12(9-13(19-2)20-3)14(22-15)16(18)21-4/h5-8,13H,9H2,1-4H3. The minimum absolute atomic E-state index is 0.389. The van der Waals surface area contributed by atoms with Crippen molar-refractivity contribution in [3.8, 4) is 10.6 Å². The van der Waals surface area contributed by atoms with Gasteiger partial charge in [-0.2, -0.15) is 0 Å². The summed E-state index contributed by atoms with van der Waals surface area (Å²) in [6.07, 6.45) is -0.0591. The molecule has 0 spiro atoms. The first-order chi connectivity index (χ1) is 10.6. The molecule has 6 heteroatoms. The minimum Gasteiger partial charge on any atom is -0.465 e. The molecule has 2 aromatic rings. The van der Waals surface area contributed by atoms with Gasteiger partial charge in [-0.3, -0.25) is 0 Å². The van der Waals surface area contributed by atoms with E-state index in [2.05, 4.69) is 4.98 Å². The molecular weight excluding hydrogens is 302 g/mol. The van der Waals surface area contributed by atoms with Gasteiger partial charge in [-0.15, -0.1) is 11.3 Å². The van der Waals surface area contributed by atoms with Crippen molar-refractivity contribution in [2.75, 3.05) is 21.3 Å². The molecule has 0 aliphatic rings. The van der Waals surface area contributed by atoms with Crippen LogP contribution >= 0.6 is 11.3 Å². The molecule has 22 heavy (non-hydrogen) atoms. The molecule has 1 aromatic carbocycles. The number of aryl methyl sites for hydroxylation is 1. The SMILES string of the molecule is COC(=O)c1sc(-c2ccc(C)cc2)nc1CC(OC)OC. The molecule has 1 aromatic heterocycles. The zero-order valence-corrected chi connectivity index (χ0v) is 13.9. The second kappa shape index (κ2) is 7.49. The molecular formula is C16H19NO4S. The van der Waals surface area contributed by atoms with Gasteiger partial charge in [-0.25, -0.2) is 9.78 Å². The van der Waals surface area contributed by atoms with Crippen LogP contribution in [0.4, 0.5) is 0 Å². The van der Waals surface area contributed by atoms with Gasteiger partial charge in [0.25, 0.3) is 0 Å². The van der Waals surface area contributed by atoms with E-state index in [-0.39, 0.29) is 0 Å². The van der Waals surface area contributed by atoms with E-state index in [1.807, 2.05) is 31.2 Å². The molecule has 0 bridgehead atoms. The van der Waals surface area contributed by atoms with Crippen molar-refractivity contribution in [3.63, 3.8) is 0 Å². The van der Waals surface area contributed by atoms with Crippen LogP contribution in [0.3, 0.4) is 0 Å². The van der Waals surface area contributed by atoms with Crippen molar-refractivity contribution in [2.24, 2.45) is 0 Å². The van der Waals surface area contributed by atoms with Gasteiger partial charge in [0.2, 0.25) is 0 Å². The molecule has 0 atom stereocenters. The van der Waals surface area contributed by atoms with E-state index in [0.717, 1.165) is 10.6 Å². The third-order valence-corrected chi connectivity index (χ3v) is 4.38. The number of ether oxygens (including phenoxy) is 3. The quantitative estimate of drug-likeness (QED) is 0.604. The van der Waals surface area contributed by atoms with Crippen molar-refractivity contribution >= 4 is 17.3 Å². The van der Waals surface area contributed by atoms with Crippen molar-refractivity contribution in [2.45, 2.75) is 19.6 Å². The number of hydrogen-bond donors (Lipinski definition) is 0. The van der Waals surface area contributed by atoms with Gasteiger partial charge in [0.15, 0.2) is 6.29 Å². The minimum atomic E-state index is -0.448. The lowest BCUT2D eigenvalue weighted by atomic mass is 10.1. The zero-order chi connectivity index (χ0) is 16.1. The number of benzene rings is 1. The van der Waals surface area contributed by atoms with E-state index in [0.29, 0.717) is 17.0 Å². The highest BCUT2D eigenvalue weighted by atomic mass is 32.1. The molecule has 0 saturated carbocycles. The van der Waals surface area contributed by atoms with Crippen LogP contribution in [0.15, 0.2) is 24.3 Å². The number of thiazole rings is 1. The van der Waals surface area contributed by atoms with Gasteiger partial charge in [0, 0.05) is 26.2 Å². The summed E-state index contributed by atoms with van der Waals surface area (Å²) in [7, 11) is 4.47. The molecule has 0 saturated heterocycles. The highest BCUT2D eigenvalue weighted by Gasteiger charge is 2.22. The maximum Gasteiger partial charge on any atom is 0.350 e. The van der Waals surface area contributed by atoms with E-state index < -0.39 is 12.3 Å². The smallest absolute Gasteiger partial charge is 0.350 e. The fraction of sp³-hybridized carbons (Fsp3) is 0.375. The van der Waals surface area contributed by atoms with Crippen LogP contribution in [0, 0.1) is 6.92 Å². The molecule has 0 aliphatic heterocycles. The summed E-state index contributed by atoms with van der Waals surface area (Å²) in [5, 5.41) is 0.779. The summed E-state index contributed by atoms with van der Waals surface area (Å²) >= 11 is 1.32. The Kier molecular flexibility index (Phi) is 5.65. The molecule has 0 aliphatic carbocycles. The fourth-order valence-electron chi connectivity index (χ4n) is 1.98. The number of carbonyl (C=O) groups excluding carboxylic acids is 1. The van der Waals surface area contributed by atoms with Crippen LogP contribution in [-0.4, -0.2) is 38.6 Å². The monoisotopic (exact) mass is 321 g/mol. The average Bonchev–Trinajstić information content (AvgIpc) is 2.96. The Balaban J connectivity index is 2.38. The Bertz CT molecular complexity index is 632. The lowest BCUT2D eigenvalue weighted by Crippen LogP contribution is -2.18. The van der Waals surface area contributed by atoms with Crippen LogP contribution in [0.2, 0.25) is 0 Å². The second-order valence-corrected chi connectivity index (χ2v) is 5.76. The largest absolute Gasteiger partial charge is 0.465 e. The molecule has 118 valence electrons. The lowest BCUT2D eigenvalue weighted by Gasteiger charge is -2.12. The highest BCUT2D eigenvalue weighted by molar-refractivity contribution is 7.17. The molecule has 0 radical (unpaired) electrons. The molecule has 0 fully saturated rings. The number of esters is 1. The third kappa shape index (κ3) is 3.71. The summed E-state index contributed by atoms with van der Waals surface area (Å²) in [6, 6.07) is 8.01. The number of nitrogens with zero attached hydrogens (tertiary/aromatic N) is 1. The van der Waals surface area contributed by atoms with Gasteiger partial charge < -0.3 is 14.2 Å². The molecule has 5 nitrogen and oxygen atoms in total. The van der Waals surface area contributed by atoms with Gasteiger partial charge in [0.05, 0.1) is 12.8 Å². The van der Waals surface area contributed by atoms with Crippen LogP contribution in [0.5, 0.6) is 0 Å². The Labute approximate surface area is 133 Å². The van der Waals surface area contributed by atoms with E-state index in [4.69, 9.17) is 14.2 Å². The van der Waals surface area contributed by atoms with Crippen molar-refractivity contribution in [3.05, 3.63) is 40.4 Å². The summed E-state index contributed by atoms with van der Waals surface area (Å²) in [4.78, 5) is 17.0. The van der Waals surface area contributed by atoms with Gasteiger partial charge in [-0.1, -0.05) is 29.8 Å². The van der Waals surface area contributed by atoms with Crippen molar-refractivity contribution < 1.29 is 19.0 Å². The van der Waals surface area contributed by atoms with E-state index >= 15 is 0 Å². The van der Waals surface area contributed by atoms with E-state index in [9.17, 15) is 4.79 Å². The Hall–Kier alpha value is -1.76. The molecule has 1 heterocycles. The predicted octanol–water partition coefficient (Wildman–Crippen LogP) is 3.07. The topological polar surface area (TPSA) is 57.7 Å². The molecule has 0 unspecified atom stereocenters. The number of aromatic nitrogens is 1. The van der Waals surface area contributed by atoms with Crippen molar-refractivity contribution in [1.82, 2.24) is 4.98 Å². The maximum atomic E-state index is 12.0. The number of hydrogen-bond acceptors (Lipinski definition) is 6. The first-order valence-electron chi connectivity index (χ1n) is 6.79. The Morgan fingerprint density at radius 2 is 1.82 bits per heavy atom.